The Hall–Kier alpha value is -2.27. The molecule has 0 aromatic heterocycles. The van der Waals surface area contributed by atoms with Gasteiger partial charge in [-0.25, -0.2) is 0 Å². The van der Waals surface area contributed by atoms with E-state index in [2.05, 4.69) is 0 Å². The van der Waals surface area contributed by atoms with E-state index in [9.17, 15) is 10.1 Å². The van der Waals surface area contributed by atoms with Gasteiger partial charge in [0.15, 0.2) is 0 Å². The van der Waals surface area contributed by atoms with Gasteiger partial charge in [0.2, 0.25) is 0 Å². The molecule has 0 radical (unpaired) electrons. The number of nitro groups is 1. The molecule has 0 fully saturated rings. The van der Waals surface area contributed by atoms with E-state index < -0.39 is 4.92 Å². The Balaban J connectivity index is 2.19. The molecule has 0 aliphatic heterocycles. The second kappa shape index (κ2) is 5.58. The average Bonchev–Trinajstić information content (AvgIpc) is 2.39. The molecule has 2 rings (SSSR count). The Morgan fingerprint density at radius 3 is 2.53 bits per heavy atom. The van der Waals surface area contributed by atoms with Crippen molar-refractivity contribution >= 4 is 23.0 Å². The third kappa shape index (κ3) is 3.14. The molecule has 0 unspecified atom stereocenters. The fraction of sp³-hybridized carbons (Fsp3) is 0.0769. The van der Waals surface area contributed by atoms with Crippen LogP contribution in [0.5, 0.6) is 5.75 Å². The summed E-state index contributed by atoms with van der Waals surface area (Å²) in [6, 6.07) is 11.3. The Bertz CT molecular complexity index is 599. The summed E-state index contributed by atoms with van der Waals surface area (Å²) in [5.41, 5.74) is 6.48. The Labute approximate surface area is 114 Å². The van der Waals surface area contributed by atoms with Crippen LogP contribution in [0.25, 0.3) is 0 Å². The summed E-state index contributed by atoms with van der Waals surface area (Å²) < 4.78 is 5.47. The van der Waals surface area contributed by atoms with Crippen molar-refractivity contribution < 1.29 is 9.66 Å². The number of hydrogen-bond acceptors (Lipinski definition) is 4. The predicted octanol–water partition coefficient (Wildman–Crippen LogP) is 3.41. The van der Waals surface area contributed by atoms with Gasteiger partial charge in [-0.2, -0.15) is 0 Å². The number of nitro benzene ring substituents is 1. The maximum Gasteiger partial charge on any atom is 0.277 e. The van der Waals surface area contributed by atoms with Crippen molar-refractivity contribution in [1.29, 1.82) is 0 Å². The maximum atomic E-state index is 10.9. The van der Waals surface area contributed by atoms with Crippen LogP contribution >= 0.6 is 11.6 Å². The Morgan fingerprint density at radius 1 is 1.21 bits per heavy atom. The SMILES string of the molecule is Nc1ccc(OCc2c(Cl)cccc2[N+](=O)[O-])cc1. The second-order valence-corrected chi connectivity index (χ2v) is 4.26. The fourth-order valence-electron chi connectivity index (χ4n) is 1.58. The summed E-state index contributed by atoms with van der Waals surface area (Å²) in [6.07, 6.45) is 0. The molecule has 19 heavy (non-hydrogen) atoms. The second-order valence-electron chi connectivity index (χ2n) is 3.85. The monoisotopic (exact) mass is 278 g/mol. The molecule has 0 amide bonds. The van der Waals surface area contributed by atoms with Gasteiger partial charge in [-0.1, -0.05) is 17.7 Å². The molecule has 6 heteroatoms. The quantitative estimate of drug-likeness (QED) is 0.528. The first-order valence-electron chi connectivity index (χ1n) is 5.48. The van der Waals surface area contributed by atoms with Crippen LogP contribution in [-0.4, -0.2) is 4.92 Å². The summed E-state index contributed by atoms with van der Waals surface area (Å²) in [5.74, 6) is 0.573. The zero-order valence-corrected chi connectivity index (χ0v) is 10.6. The Morgan fingerprint density at radius 2 is 1.89 bits per heavy atom. The molecule has 0 aliphatic rings. The summed E-state index contributed by atoms with van der Waals surface area (Å²) in [6.45, 7) is 0.0277. The van der Waals surface area contributed by atoms with Gasteiger partial charge in [-0.3, -0.25) is 10.1 Å². The van der Waals surface area contributed by atoms with Gasteiger partial charge in [-0.15, -0.1) is 0 Å². The van der Waals surface area contributed by atoms with Crippen molar-refractivity contribution in [3.05, 3.63) is 63.2 Å². The van der Waals surface area contributed by atoms with Gasteiger partial charge in [0.1, 0.15) is 12.4 Å². The van der Waals surface area contributed by atoms with Crippen LogP contribution in [0, 0.1) is 10.1 Å². The molecule has 98 valence electrons. The van der Waals surface area contributed by atoms with Crippen LogP contribution in [0.4, 0.5) is 11.4 Å². The zero-order valence-electron chi connectivity index (χ0n) is 9.88. The largest absolute Gasteiger partial charge is 0.489 e. The molecule has 0 atom stereocenters. The number of hydrogen-bond donors (Lipinski definition) is 1. The van der Waals surface area contributed by atoms with Gasteiger partial charge in [-0.05, 0) is 30.3 Å². The fourth-order valence-corrected chi connectivity index (χ4v) is 1.80. The summed E-state index contributed by atoms with van der Waals surface area (Å²) in [5, 5.41) is 11.2. The van der Waals surface area contributed by atoms with E-state index in [1.165, 1.54) is 12.1 Å². The van der Waals surface area contributed by atoms with Crippen molar-refractivity contribution in [2.45, 2.75) is 6.61 Å². The lowest BCUT2D eigenvalue weighted by Crippen LogP contribution is -2.01. The van der Waals surface area contributed by atoms with Crippen LogP contribution in [0.2, 0.25) is 5.02 Å². The van der Waals surface area contributed by atoms with E-state index in [1.807, 2.05) is 0 Å². The average molecular weight is 279 g/mol. The van der Waals surface area contributed by atoms with Gasteiger partial charge < -0.3 is 10.5 Å². The first kappa shape index (κ1) is 13.2. The van der Waals surface area contributed by atoms with Crippen molar-refractivity contribution in [2.24, 2.45) is 0 Å². The van der Waals surface area contributed by atoms with E-state index >= 15 is 0 Å². The molecule has 0 bridgehead atoms. The lowest BCUT2D eigenvalue weighted by atomic mass is 10.2. The lowest BCUT2D eigenvalue weighted by Gasteiger charge is -2.08. The summed E-state index contributed by atoms with van der Waals surface area (Å²) >= 11 is 5.96. The van der Waals surface area contributed by atoms with E-state index in [0.29, 0.717) is 22.0 Å². The molecular formula is C13H11ClN2O3. The number of nitrogen functional groups attached to an aromatic ring is 1. The molecule has 0 saturated carbocycles. The first-order valence-corrected chi connectivity index (χ1v) is 5.86. The van der Waals surface area contributed by atoms with E-state index in [1.54, 1.807) is 30.3 Å². The maximum absolute atomic E-state index is 10.9. The highest BCUT2D eigenvalue weighted by atomic mass is 35.5. The highest BCUT2D eigenvalue weighted by Gasteiger charge is 2.16. The third-order valence-electron chi connectivity index (χ3n) is 2.55. The smallest absolute Gasteiger partial charge is 0.277 e. The number of benzene rings is 2. The molecule has 0 heterocycles. The first-order chi connectivity index (χ1) is 9.08. The minimum Gasteiger partial charge on any atom is -0.489 e. The molecular weight excluding hydrogens is 268 g/mol. The highest BCUT2D eigenvalue weighted by Crippen LogP contribution is 2.27. The topological polar surface area (TPSA) is 78.4 Å². The molecule has 2 N–H and O–H groups in total. The van der Waals surface area contributed by atoms with E-state index in [0.717, 1.165) is 0 Å². The summed E-state index contributed by atoms with van der Waals surface area (Å²) in [7, 11) is 0. The van der Waals surface area contributed by atoms with Crippen molar-refractivity contribution in [1.82, 2.24) is 0 Å². The lowest BCUT2D eigenvalue weighted by molar-refractivity contribution is -0.385. The summed E-state index contributed by atoms with van der Waals surface area (Å²) in [4.78, 5) is 10.4. The molecule has 0 spiro atoms. The minimum absolute atomic E-state index is 0.0277. The number of halogens is 1. The molecule has 2 aromatic carbocycles. The third-order valence-corrected chi connectivity index (χ3v) is 2.91. The normalized spacial score (nSPS) is 10.2. The molecule has 5 nitrogen and oxygen atoms in total. The van der Waals surface area contributed by atoms with Crippen molar-refractivity contribution in [3.8, 4) is 5.75 Å². The van der Waals surface area contributed by atoms with Crippen LogP contribution in [-0.2, 0) is 6.61 Å². The number of nitrogens with zero attached hydrogens (tertiary/aromatic N) is 1. The minimum atomic E-state index is -0.479. The van der Waals surface area contributed by atoms with Crippen LogP contribution < -0.4 is 10.5 Å². The van der Waals surface area contributed by atoms with Crippen molar-refractivity contribution in [2.75, 3.05) is 5.73 Å². The number of ether oxygens (including phenoxy) is 1. The molecule has 0 saturated heterocycles. The Kier molecular flexibility index (Phi) is 3.87. The number of nitrogens with two attached hydrogens (primary N) is 1. The van der Waals surface area contributed by atoms with Crippen LogP contribution in [0.15, 0.2) is 42.5 Å². The molecule has 2 aromatic rings. The molecule has 0 aliphatic carbocycles. The van der Waals surface area contributed by atoms with Gasteiger partial charge in [0.05, 0.1) is 15.5 Å². The number of anilines is 1. The zero-order chi connectivity index (χ0) is 13.8. The van der Waals surface area contributed by atoms with Crippen LogP contribution in [0.1, 0.15) is 5.56 Å². The highest BCUT2D eigenvalue weighted by molar-refractivity contribution is 6.31. The van der Waals surface area contributed by atoms with Crippen molar-refractivity contribution in [3.63, 3.8) is 0 Å². The van der Waals surface area contributed by atoms with Gasteiger partial charge in [0, 0.05) is 11.8 Å². The number of rotatable bonds is 4. The van der Waals surface area contributed by atoms with Gasteiger partial charge in [0.25, 0.3) is 5.69 Å². The van der Waals surface area contributed by atoms with Gasteiger partial charge >= 0.3 is 0 Å². The van der Waals surface area contributed by atoms with E-state index in [4.69, 9.17) is 22.1 Å². The van der Waals surface area contributed by atoms with Crippen LogP contribution in [0.3, 0.4) is 0 Å². The van der Waals surface area contributed by atoms with E-state index in [-0.39, 0.29) is 12.3 Å². The predicted molar refractivity (Wildman–Crippen MR) is 73.3 cm³/mol. The standard InChI is InChI=1S/C13H11ClN2O3/c14-12-2-1-3-13(16(17)18)11(12)8-19-10-6-4-9(15)5-7-10/h1-7H,8,15H2.